The number of furan rings is 1. The summed E-state index contributed by atoms with van der Waals surface area (Å²) in [6, 6.07) is 19.3. The maximum absolute atomic E-state index is 6.60. The average molecular weight is 509 g/mol. The van der Waals surface area contributed by atoms with E-state index in [9.17, 15) is 0 Å². The van der Waals surface area contributed by atoms with Crippen LogP contribution in [-0.2, 0) is 11.3 Å². The predicted molar refractivity (Wildman–Crippen MR) is 139 cm³/mol. The van der Waals surface area contributed by atoms with Crippen LogP contribution in [0.3, 0.4) is 0 Å². The highest BCUT2D eigenvalue weighted by Crippen LogP contribution is 2.43. The van der Waals surface area contributed by atoms with E-state index < -0.39 is 0 Å². The van der Waals surface area contributed by atoms with Crippen LogP contribution in [0.4, 0.5) is 5.69 Å². The minimum Gasteiger partial charge on any atom is -0.490 e. The molecule has 1 aliphatic rings. The first-order valence-corrected chi connectivity index (χ1v) is 12.0. The van der Waals surface area contributed by atoms with Gasteiger partial charge in [0.05, 0.1) is 36.2 Å². The average Bonchev–Trinajstić information content (AvgIpc) is 3.62. The second-order valence-electron chi connectivity index (χ2n) is 8.09. The summed E-state index contributed by atoms with van der Waals surface area (Å²) in [5, 5.41) is 4.59. The Kier molecular flexibility index (Phi) is 7.03. The Bertz CT molecular complexity index is 1280. The summed E-state index contributed by atoms with van der Waals surface area (Å²) in [6.07, 6.45) is 5.53. The molecule has 1 aliphatic heterocycles. The molecule has 1 N–H and O–H groups in total. The van der Waals surface area contributed by atoms with E-state index in [1.807, 2.05) is 60.8 Å². The predicted octanol–water partition coefficient (Wildman–Crippen LogP) is 5.38. The van der Waals surface area contributed by atoms with Gasteiger partial charge >= 0.3 is 0 Å². The van der Waals surface area contributed by atoms with Gasteiger partial charge in [0.1, 0.15) is 24.2 Å². The number of anilines is 1. The molecule has 9 heteroatoms. The van der Waals surface area contributed by atoms with Gasteiger partial charge in [-0.3, -0.25) is 4.98 Å². The van der Waals surface area contributed by atoms with Crippen molar-refractivity contribution in [2.75, 3.05) is 25.2 Å². The summed E-state index contributed by atoms with van der Waals surface area (Å²) in [4.78, 5) is 6.72. The summed E-state index contributed by atoms with van der Waals surface area (Å²) in [5.41, 5.74) is 2.83. The largest absolute Gasteiger partial charge is 0.490 e. The molecule has 0 amide bonds. The Hall–Kier alpha value is -3.33. The molecule has 1 aromatic carbocycles. The lowest BCUT2D eigenvalue weighted by molar-refractivity contribution is 0.146. The number of nitrogens with zero attached hydrogens (tertiary/aromatic N) is 3. The van der Waals surface area contributed by atoms with Crippen LogP contribution in [0.2, 0.25) is 5.02 Å². The molecule has 35 heavy (non-hydrogen) atoms. The molecule has 5 rings (SSSR count). The van der Waals surface area contributed by atoms with Gasteiger partial charge < -0.3 is 28.7 Å². The second-order valence-corrected chi connectivity index (χ2v) is 8.89. The number of halogens is 1. The second kappa shape index (κ2) is 10.5. The quantitative estimate of drug-likeness (QED) is 0.240. The van der Waals surface area contributed by atoms with Gasteiger partial charge in [-0.25, -0.2) is 0 Å². The van der Waals surface area contributed by atoms with E-state index in [2.05, 4.69) is 25.8 Å². The third-order valence-corrected chi connectivity index (χ3v) is 6.52. The molecular formula is C26H25ClN4O3S. The number of thiocarbonyl (C=S) groups is 1. The smallest absolute Gasteiger partial charge is 0.174 e. The molecule has 0 spiro atoms. The summed E-state index contributed by atoms with van der Waals surface area (Å²) in [5.74, 6) is 1.47. The molecule has 7 nitrogen and oxygen atoms in total. The van der Waals surface area contributed by atoms with Gasteiger partial charge in [-0.15, -0.1) is 0 Å². The summed E-state index contributed by atoms with van der Waals surface area (Å²) >= 11 is 12.4. The van der Waals surface area contributed by atoms with E-state index in [-0.39, 0.29) is 12.1 Å². The molecule has 1 fully saturated rings. The lowest BCUT2D eigenvalue weighted by Gasteiger charge is -2.29. The van der Waals surface area contributed by atoms with E-state index >= 15 is 0 Å². The van der Waals surface area contributed by atoms with E-state index in [1.54, 1.807) is 19.6 Å². The highest BCUT2D eigenvalue weighted by molar-refractivity contribution is 7.80. The van der Waals surface area contributed by atoms with Crippen LogP contribution in [0.1, 0.15) is 29.2 Å². The van der Waals surface area contributed by atoms with Crippen molar-refractivity contribution in [3.63, 3.8) is 0 Å². The van der Waals surface area contributed by atoms with Gasteiger partial charge in [0.15, 0.2) is 5.11 Å². The number of nitrogens with one attached hydrogen (secondary N) is 1. The Morgan fingerprint density at radius 2 is 2.03 bits per heavy atom. The zero-order valence-corrected chi connectivity index (χ0v) is 20.7. The Morgan fingerprint density at radius 1 is 1.11 bits per heavy atom. The van der Waals surface area contributed by atoms with Gasteiger partial charge in [0.2, 0.25) is 0 Å². The van der Waals surface area contributed by atoms with Crippen molar-refractivity contribution in [3.8, 4) is 5.75 Å². The number of aromatic nitrogens is 2. The van der Waals surface area contributed by atoms with Crippen molar-refractivity contribution in [2.24, 2.45) is 0 Å². The zero-order valence-electron chi connectivity index (χ0n) is 19.1. The number of benzene rings is 1. The fraction of sp³-hybridized carbons (Fsp3) is 0.231. The zero-order chi connectivity index (χ0) is 24.2. The minimum atomic E-state index is -0.168. The van der Waals surface area contributed by atoms with Crippen molar-refractivity contribution in [2.45, 2.75) is 18.6 Å². The molecule has 0 bridgehead atoms. The SMILES string of the molecule is COCCOc1ccc(N2C(=S)NC(c3ccccn3)C2c2cccn2Cc2ccco2)cc1Cl. The van der Waals surface area contributed by atoms with Crippen molar-refractivity contribution in [1.29, 1.82) is 0 Å². The van der Waals surface area contributed by atoms with Crippen molar-refractivity contribution in [1.82, 2.24) is 14.9 Å². The van der Waals surface area contributed by atoms with Gasteiger partial charge in [-0.05, 0) is 66.8 Å². The van der Waals surface area contributed by atoms with E-state index in [1.165, 1.54) is 0 Å². The molecule has 4 heterocycles. The van der Waals surface area contributed by atoms with Crippen LogP contribution < -0.4 is 15.0 Å². The molecule has 0 saturated carbocycles. The Balaban J connectivity index is 1.53. The van der Waals surface area contributed by atoms with Crippen LogP contribution in [0.25, 0.3) is 0 Å². The van der Waals surface area contributed by atoms with Crippen LogP contribution in [0, 0.1) is 0 Å². The normalized spacial score (nSPS) is 17.5. The number of hydrogen-bond acceptors (Lipinski definition) is 5. The topological polar surface area (TPSA) is 64.7 Å². The number of methoxy groups -OCH3 is 1. The maximum atomic E-state index is 6.60. The van der Waals surface area contributed by atoms with Crippen molar-refractivity contribution >= 4 is 34.6 Å². The third kappa shape index (κ3) is 4.91. The summed E-state index contributed by atoms with van der Waals surface area (Å²) in [6.45, 7) is 1.51. The Labute approximate surface area is 214 Å². The molecule has 4 aromatic rings. The first kappa shape index (κ1) is 23.4. The molecule has 3 aromatic heterocycles. The monoisotopic (exact) mass is 508 g/mol. The van der Waals surface area contributed by atoms with Crippen LogP contribution in [0.15, 0.2) is 83.7 Å². The molecule has 1 saturated heterocycles. The number of hydrogen-bond donors (Lipinski definition) is 1. The highest BCUT2D eigenvalue weighted by atomic mass is 35.5. The molecule has 180 valence electrons. The maximum Gasteiger partial charge on any atom is 0.174 e. The number of pyridine rings is 1. The summed E-state index contributed by atoms with van der Waals surface area (Å²) < 4.78 is 18.6. The van der Waals surface area contributed by atoms with E-state index in [0.717, 1.165) is 22.8 Å². The molecule has 2 unspecified atom stereocenters. The molecular weight excluding hydrogens is 484 g/mol. The minimum absolute atomic E-state index is 0.162. The Morgan fingerprint density at radius 3 is 2.77 bits per heavy atom. The molecule has 2 atom stereocenters. The highest BCUT2D eigenvalue weighted by Gasteiger charge is 2.42. The first-order valence-electron chi connectivity index (χ1n) is 11.2. The van der Waals surface area contributed by atoms with Crippen molar-refractivity contribution < 1.29 is 13.9 Å². The molecule has 0 radical (unpaired) electrons. The van der Waals surface area contributed by atoms with Gasteiger partial charge in [-0.2, -0.15) is 0 Å². The van der Waals surface area contributed by atoms with Gasteiger partial charge in [-0.1, -0.05) is 17.7 Å². The van der Waals surface area contributed by atoms with Crippen LogP contribution in [0.5, 0.6) is 5.75 Å². The van der Waals surface area contributed by atoms with Crippen LogP contribution >= 0.6 is 23.8 Å². The van der Waals surface area contributed by atoms with E-state index in [0.29, 0.717) is 35.6 Å². The fourth-order valence-electron chi connectivity index (χ4n) is 4.34. The molecule has 0 aliphatic carbocycles. The van der Waals surface area contributed by atoms with Gasteiger partial charge in [0, 0.05) is 30.9 Å². The number of ether oxygens (including phenoxy) is 2. The number of rotatable bonds is 9. The lowest BCUT2D eigenvalue weighted by Crippen LogP contribution is -2.30. The van der Waals surface area contributed by atoms with Crippen LogP contribution in [-0.4, -0.2) is 35.0 Å². The first-order chi connectivity index (χ1) is 17.2. The standard InChI is InChI=1S/C26H25ClN4O3S/c1-32-14-15-34-23-10-9-18(16-20(23)27)31-25(24(29-26(31)35)21-7-2-3-11-28-21)22-8-4-12-30(22)17-19-6-5-13-33-19/h2-13,16,24-25H,14-15,17H2,1H3,(H,29,35). The third-order valence-electron chi connectivity index (χ3n) is 5.91. The van der Waals surface area contributed by atoms with Gasteiger partial charge in [0.25, 0.3) is 0 Å². The van der Waals surface area contributed by atoms with E-state index in [4.69, 9.17) is 37.7 Å². The van der Waals surface area contributed by atoms with Crippen molar-refractivity contribution in [3.05, 3.63) is 101 Å². The lowest BCUT2D eigenvalue weighted by atomic mass is 10.0. The fourth-order valence-corrected chi connectivity index (χ4v) is 4.91. The summed E-state index contributed by atoms with van der Waals surface area (Å²) in [7, 11) is 1.63.